The van der Waals surface area contributed by atoms with E-state index < -0.39 is 5.82 Å². The zero-order chi connectivity index (χ0) is 12.3. The predicted molar refractivity (Wildman–Crippen MR) is 65.3 cm³/mol. The van der Waals surface area contributed by atoms with Crippen molar-refractivity contribution in [2.24, 2.45) is 0 Å². The van der Waals surface area contributed by atoms with Gasteiger partial charge in [-0.25, -0.2) is 9.37 Å². The van der Waals surface area contributed by atoms with Crippen LogP contribution in [0.3, 0.4) is 0 Å². The quantitative estimate of drug-likeness (QED) is 0.879. The number of imidazole rings is 1. The molecular formula is C12H13ClFN3. The van der Waals surface area contributed by atoms with Gasteiger partial charge < -0.3 is 10.3 Å². The van der Waals surface area contributed by atoms with Gasteiger partial charge in [0.15, 0.2) is 0 Å². The normalized spacial score (nSPS) is 12.6. The van der Waals surface area contributed by atoms with Crippen molar-refractivity contribution in [1.29, 1.82) is 0 Å². The van der Waals surface area contributed by atoms with Crippen LogP contribution in [-0.2, 0) is 6.54 Å². The number of aromatic nitrogens is 2. The van der Waals surface area contributed by atoms with Crippen molar-refractivity contribution < 1.29 is 4.39 Å². The lowest BCUT2D eigenvalue weighted by Crippen LogP contribution is -2.18. The summed E-state index contributed by atoms with van der Waals surface area (Å²) >= 11 is 5.74. The maximum atomic E-state index is 13.0. The first kappa shape index (κ1) is 12.1. The Morgan fingerprint density at radius 2 is 2.35 bits per heavy atom. The molecule has 17 heavy (non-hydrogen) atoms. The lowest BCUT2D eigenvalue weighted by atomic mass is 10.1. The van der Waals surface area contributed by atoms with Crippen LogP contribution in [0, 0.1) is 5.82 Å². The van der Waals surface area contributed by atoms with E-state index in [0.717, 1.165) is 11.3 Å². The molecule has 1 aromatic carbocycles. The number of H-pyrrole nitrogens is 1. The smallest absolute Gasteiger partial charge is 0.141 e. The Bertz CT molecular complexity index is 485. The first-order valence-corrected chi connectivity index (χ1v) is 5.70. The molecule has 0 amide bonds. The highest BCUT2D eigenvalue weighted by Crippen LogP contribution is 2.20. The van der Waals surface area contributed by atoms with Crippen LogP contribution in [0.15, 0.2) is 30.7 Å². The molecule has 1 heterocycles. The number of rotatable bonds is 4. The van der Waals surface area contributed by atoms with Gasteiger partial charge in [0.2, 0.25) is 0 Å². The fourth-order valence-electron chi connectivity index (χ4n) is 1.54. The molecule has 5 heteroatoms. The largest absolute Gasteiger partial charge is 0.347 e. The fraction of sp³-hybridized carbons (Fsp3) is 0.250. The molecule has 0 aliphatic carbocycles. The maximum Gasteiger partial charge on any atom is 0.141 e. The average molecular weight is 254 g/mol. The third-order valence-electron chi connectivity index (χ3n) is 2.60. The summed E-state index contributed by atoms with van der Waals surface area (Å²) in [5.74, 6) is -0.392. The predicted octanol–water partition coefficient (Wildman–Crippen LogP) is 3.05. The van der Waals surface area contributed by atoms with E-state index in [0.29, 0.717) is 6.54 Å². The molecule has 3 nitrogen and oxygen atoms in total. The number of aromatic amines is 1. The number of benzene rings is 1. The van der Waals surface area contributed by atoms with Gasteiger partial charge in [0.25, 0.3) is 0 Å². The number of halogens is 2. The third kappa shape index (κ3) is 3.05. The summed E-state index contributed by atoms with van der Waals surface area (Å²) in [6, 6.07) is 4.84. The Labute approximate surface area is 104 Å². The zero-order valence-electron chi connectivity index (χ0n) is 9.37. The van der Waals surface area contributed by atoms with E-state index in [4.69, 9.17) is 11.6 Å². The summed E-state index contributed by atoms with van der Waals surface area (Å²) in [5, 5.41) is 3.45. The van der Waals surface area contributed by atoms with E-state index >= 15 is 0 Å². The SMILES string of the molecule is CC(NCc1cnc[nH]1)c1ccc(F)c(Cl)c1. The Kier molecular flexibility index (Phi) is 3.76. The average Bonchev–Trinajstić information content (AvgIpc) is 2.82. The molecular weight excluding hydrogens is 241 g/mol. The maximum absolute atomic E-state index is 13.0. The summed E-state index contributed by atoms with van der Waals surface area (Å²) in [7, 11) is 0. The molecule has 0 saturated carbocycles. The Morgan fingerprint density at radius 3 is 3.00 bits per heavy atom. The molecule has 90 valence electrons. The number of nitrogens with zero attached hydrogens (tertiary/aromatic N) is 1. The van der Waals surface area contributed by atoms with E-state index in [2.05, 4.69) is 15.3 Å². The van der Waals surface area contributed by atoms with Crippen molar-refractivity contribution in [3.8, 4) is 0 Å². The minimum absolute atomic E-state index is 0.0939. The van der Waals surface area contributed by atoms with Gasteiger partial charge in [-0.1, -0.05) is 17.7 Å². The highest BCUT2D eigenvalue weighted by Gasteiger charge is 2.08. The van der Waals surface area contributed by atoms with Gasteiger partial charge in [0.05, 0.1) is 11.3 Å². The standard InChI is InChI=1S/C12H13ClFN3/c1-8(16-6-10-5-15-7-17-10)9-2-3-12(14)11(13)4-9/h2-5,7-8,16H,6H2,1H3,(H,15,17). The Balaban J connectivity index is 1.99. The molecule has 0 radical (unpaired) electrons. The van der Waals surface area contributed by atoms with Crippen molar-refractivity contribution >= 4 is 11.6 Å². The van der Waals surface area contributed by atoms with Crippen LogP contribution in [0.25, 0.3) is 0 Å². The van der Waals surface area contributed by atoms with Crippen molar-refractivity contribution in [1.82, 2.24) is 15.3 Å². The summed E-state index contributed by atoms with van der Waals surface area (Å²) in [6.45, 7) is 2.68. The van der Waals surface area contributed by atoms with Gasteiger partial charge in [-0.3, -0.25) is 0 Å². The molecule has 0 spiro atoms. The van der Waals surface area contributed by atoms with Crippen LogP contribution < -0.4 is 5.32 Å². The molecule has 0 bridgehead atoms. The summed E-state index contributed by atoms with van der Waals surface area (Å²) in [5.41, 5.74) is 1.96. The van der Waals surface area contributed by atoms with Crippen LogP contribution >= 0.6 is 11.6 Å². The number of hydrogen-bond acceptors (Lipinski definition) is 2. The van der Waals surface area contributed by atoms with Crippen molar-refractivity contribution in [2.45, 2.75) is 19.5 Å². The summed E-state index contributed by atoms with van der Waals surface area (Å²) in [4.78, 5) is 6.94. The van der Waals surface area contributed by atoms with E-state index in [1.54, 1.807) is 24.7 Å². The van der Waals surface area contributed by atoms with Gasteiger partial charge in [-0.05, 0) is 24.6 Å². The van der Waals surface area contributed by atoms with E-state index in [-0.39, 0.29) is 11.1 Å². The lowest BCUT2D eigenvalue weighted by Gasteiger charge is -2.14. The minimum atomic E-state index is -0.392. The van der Waals surface area contributed by atoms with Gasteiger partial charge in [-0.15, -0.1) is 0 Å². The Morgan fingerprint density at radius 1 is 1.53 bits per heavy atom. The molecule has 1 unspecified atom stereocenters. The van der Waals surface area contributed by atoms with Gasteiger partial charge >= 0.3 is 0 Å². The van der Waals surface area contributed by atoms with Crippen LogP contribution in [0.1, 0.15) is 24.2 Å². The fourth-order valence-corrected chi connectivity index (χ4v) is 1.73. The first-order chi connectivity index (χ1) is 8.16. The summed E-state index contributed by atoms with van der Waals surface area (Å²) in [6.07, 6.45) is 3.40. The van der Waals surface area contributed by atoms with Crippen molar-refractivity contribution in [3.63, 3.8) is 0 Å². The second-order valence-electron chi connectivity index (χ2n) is 3.85. The monoisotopic (exact) mass is 253 g/mol. The second-order valence-corrected chi connectivity index (χ2v) is 4.26. The zero-order valence-corrected chi connectivity index (χ0v) is 10.1. The van der Waals surface area contributed by atoms with Crippen LogP contribution in [-0.4, -0.2) is 9.97 Å². The van der Waals surface area contributed by atoms with Crippen LogP contribution in [0.2, 0.25) is 5.02 Å². The second kappa shape index (κ2) is 5.29. The number of nitrogens with one attached hydrogen (secondary N) is 2. The van der Waals surface area contributed by atoms with E-state index in [1.807, 2.05) is 6.92 Å². The van der Waals surface area contributed by atoms with E-state index in [9.17, 15) is 4.39 Å². The Hall–Kier alpha value is -1.39. The summed E-state index contributed by atoms with van der Waals surface area (Å²) < 4.78 is 13.0. The highest BCUT2D eigenvalue weighted by molar-refractivity contribution is 6.30. The molecule has 1 atom stereocenters. The molecule has 0 aliphatic heterocycles. The molecule has 0 aliphatic rings. The molecule has 0 fully saturated rings. The number of hydrogen-bond donors (Lipinski definition) is 2. The molecule has 2 aromatic rings. The lowest BCUT2D eigenvalue weighted by molar-refractivity contribution is 0.566. The van der Waals surface area contributed by atoms with Gasteiger partial charge in [-0.2, -0.15) is 0 Å². The van der Waals surface area contributed by atoms with Crippen LogP contribution in [0.5, 0.6) is 0 Å². The van der Waals surface area contributed by atoms with Crippen molar-refractivity contribution in [2.75, 3.05) is 0 Å². The van der Waals surface area contributed by atoms with Crippen molar-refractivity contribution in [3.05, 3.63) is 52.8 Å². The first-order valence-electron chi connectivity index (χ1n) is 5.32. The van der Waals surface area contributed by atoms with E-state index in [1.165, 1.54) is 6.07 Å². The topological polar surface area (TPSA) is 40.7 Å². The van der Waals surface area contributed by atoms with Gasteiger partial charge in [0.1, 0.15) is 5.82 Å². The highest BCUT2D eigenvalue weighted by atomic mass is 35.5. The molecule has 1 aromatic heterocycles. The van der Waals surface area contributed by atoms with Gasteiger partial charge in [0, 0.05) is 24.5 Å². The van der Waals surface area contributed by atoms with Crippen LogP contribution in [0.4, 0.5) is 4.39 Å². The minimum Gasteiger partial charge on any atom is -0.347 e. The third-order valence-corrected chi connectivity index (χ3v) is 2.89. The molecule has 2 rings (SSSR count). The molecule has 0 saturated heterocycles. The molecule has 2 N–H and O–H groups in total.